The molecule has 0 atom stereocenters. The molecular formula is C22H28N2O4S. The fraction of sp³-hybridized carbons (Fsp3) is 0.409. The van der Waals surface area contributed by atoms with E-state index in [9.17, 15) is 13.2 Å². The Bertz CT molecular complexity index is 919. The molecule has 2 aromatic carbocycles. The number of anilines is 1. The van der Waals surface area contributed by atoms with Gasteiger partial charge in [-0.15, -0.1) is 0 Å². The van der Waals surface area contributed by atoms with Crippen LogP contribution in [0.25, 0.3) is 0 Å². The first-order valence-corrected chi connectivity index (χ1v) is 11.3. The second-order valence-electron chi connectivity index (χ2n) is 7.75. The molecule has 0 aromatic heterocycles. The quantitative estimate of drug-likeness (QED) is 0.725. The lowest BCUT2D eigenvalue weighted by Gasteiger charge is -2.37. The van der Waals surface area contributed by atoms with E-state index in [2.05, 4.69) is 10.0 Å². The van der Waals surface area contributed by atoms with Gasteiger partial charge in [-0.1, -0.05) is 44.2 Å². The Balaban J connectivity index is 1.73. The molecule has 0 saturated carbocycles. The van der Waals surface area contributed by atoms with Gasteiger partial charge >= 0.3 is 0 Å². The van der Waals surface area contributed by atoms with Gasteiger partial charge in [0.25, 0.3) is 0 Å². The van der Waals surface area contributed by atoms with Crippen LogP contribution in [0.2, 0.25) is 0 Å². The molecule has 1 aliphatic heterocycles. The minimum absolute atomic E-state index is 0.108. The third-order valence-electron chi connectivity index (χ3n) is 5.39. The molecule has 0 spiro atoms. The van der Waals surface area contributed by atoms with Crippen molar-refractivity contribution >= 4 is 21.6 Å². The second-order valence-corrected chi connectivity index (χ2v) is 9.52. The van der Waals surface area contributed by atoms with Gasteiger partial charge in [-0.25, -0.2) is 13.1 Å². The van der Waals surface area contributed by atoms with Crippen molar-refractivity contribution in [2.75, 3.05) is 25.1 Å². The number of rotatable bonds is 7. The maximum Gasteiger partial charge on any atom is 0.240 e. The van der Waals surface area contributed by atoms with Crippen molar-refractivity contribution in [2.24, 2.45) is 5.92 Å². The van der Waals surface area contributed by atoms with E-state index in [-0.39, 0.29) is 22.1 Å². The molecule has 7 heteroatoms. The van der Waals surface area contributed by atoms with Crippen LogP contribution in [0.5, 0.6) is 0 Å². The molecule has 1 amide bonds. The van der Waals surface area contributed by atoms with Gasteiger partial charge in [0.2, 0.25) is 15.9 Å². The highest BCUT2D eigenvalue weighted by atomic mass is 32.2. The maximum atomic E-state index is 12.9. The number of hydrogen-bond donors (Lipinski definition) is 2. The Morgan fingerprint density at radius 2 is 1.66 bits per heavy atom. The van der Waals surface area contributed by atoms with Gasteiger partial charge in [0.1, 0.15) is 0 Å². The van der Waals surface area contributed by atoms with Gasteiger partial charge in [-0.3, -0.25) is 4.79 Å². The normalized spacial score (nSPS) is 16.5. The van der Waals surface area contributed by atoms with Crippen LogP contribution in [0, 0.1) is 5.92 Å². The molecule has 156 valence electrons. The highest BCUT2D eigenvalue weighted by Crippen LogP contribution is 2.34. The molecule has 6 nitrogen and oxygen atoms in total. The van der Waals surface area contributed by atoms with Crippen molar-refractivity contribution < 1.29 is 17.9 Å². The summed E-state index contributed by atoms with van der Waals surface area (Å²) in [6, 6.07) is 16.2. The zero-order chi connectivity index (χ0) is 20.9. The lowest BCUT2D eigenvalue weighted by Crippen LogP contribution is -2.44. The summed E-state index contributed by atoms with van der Waals surface area (Å²) in [5.41, 5.74) is 1.42. The largest absolute Gasteiger partial charge is 0.381 e. The van der Waals surface area contributed by atoms with E-state index < -0.39 is 10.0 Å². The lowest BCUT2D eigenvalue weighted by atomic mass is 9.74. The number of carbonyl (C=O) groups excluding carboxylic acids is 1. The second kappa shape index (κ2) is 9.07. The topological polar surface area (TPSA) is 84.5 Å². The van der Waals surface area contributed by atoms with E-state index in [1.807, 2.05) is 30.3 Å². The Kier molecular flexibility index (Phi) is 6.72. The molecular weight excluding hydrogens is 388 g/mol. The smallest absolute Gasteiger partial charge is 0.240 e. The summed E-state index contributed by atoms with van der Waals surface area (Å²) in [6.45, 7) is 5.14. The Morgan fingerprint density at radius 1 is 1.03 bits per heavy atom. The fourth-order valence-corrected chi connectivity index (χ4v) is 4.57. The number of hydrogen-bond acceptors (Lipinski definition) is 4. The first-order valence-electron chi connectivity index (χ1n) is 9.86. The van der Waals surface area contributed by atoms with Crippen molar-refractivity contribution in [2.45, 2.75) is 37.0 Å². The van der Waals surface area contributed by atoms with E-state index in [0.29, 0.717) is 25.4 Å². The minimum Gasteiger partial charge on any atom is -0.381 e. The van der Waals surface area contributed by atoms with Crippen molar-refractivity contribution in [1.82, 2.24) is 4.72 Å². The summed E-state index contributed by atoms with van der Waals surface area (Å²) in [6.07, 6.45) is 1.53. The van der Waals surface area contributed by atoms with E-state index in [1.54, 1.807) is 26.0 Å². The molecule has 1 saturated heterocycles. The van der Waals surface area contributed by atoms with Crippen LogP contribution in [0.3, 0.4) is 0 Å². The van der Waals surface area contributed by atoms with Crippen LogP contribution in [-0.2, 0) is 25.0 Å². The van der Waals surface area contributed by atoms with Gasteiger partial charge in [-0.2, -0.15) is 0 Å². The standard InChI is InChI=1S/C22H28N2O4S/c1-17(2)21(25)24-19-8-10-20(11-9-19)29(26,27)23-16-22(12-14-28-15-13-22)18-6-4-3-5-7-18/h3-11,17,23H,12-16H2,1-2H3,(H,24,25). The number of sulfonamides is 1. The Labute approximate surface area is 172 Å². The summed E-state index contributed by atoms with van der Waals surface area (Å²) in [5.74, 6) is -0.253. The van der Waals surface area contributed by atoms with E-state index >= 15 is 0 Å². The zero-order valence-corrected chi connectivity index (χ0v) is 17.7. The van der Waals surface area contributed by atoms with Crippen molar-refractivity contribution in [3.05, 3.63) is 60.2 Å². The predicted molar refractivity (Wildman–Crippen MR) is 113 cm³/mol. The average molecular weight is 417 g/mol. The molecule has 1 fully saturated rings. The SMILES string of the molecule is CC(C)C(=O)Nc1ccc(S(=O)(=O)NCC2(c3ccccc3)CCOCC2)cc1. The van der Waals surface area contributed by atoms with Crippen LogP contribution >= 0.6 is 0 Å². The van der Waals surface area contributed by atoms with Gasteiger partial charge in [0, 0.05) is 36.8 Å². The van der Waals surface area contributed by atoms with Crippen LogP contribution in [0.15, 0.2) is 59.5 Å². The van der Waals surface area contributed by atoms with Gasteiger partial charge in [0.15, 0.2) is 0 Å². The lowest BCUT2D eigenvalue weighted by molar-refractivity contribution is -0.118. The van der Waals surface area contributed by atoms with Crippen LogP contribution in [0.4, 0.5) is 5.69 Å². The molecule has 2 aromatic rings. The highest BCUT2D eigenvalue weighted by Gasteiger charge is 2.35. The summed E-state index contributed by atoms with van der Waals surface area (Å²) in [5, 5.41) is 2.76. The van der Waals surface area contributed by atoms with Crippen LogP contribution in [-0.4, -0.2) is 34.1 Å². The highest BCUT2D eigenvalue weighted by molar-refractivity contribution is 7.89. The number of amides is 1. The number of ether oxygens (including phenoxy) is 1. The monoisotopic (exact) mass is 416 g/mol. The fourth-order valence-electron chi connectivity index (χ4n) is 3.44. The third-order valence-corrected chi connectivity index (χ3v) is 6.81. The molecule has 0 bridgehead atoms. The molecule has 1 heterocycles. The first-order chi connectivity index (χ1) is 13.8. The van der Waals surface area contributed by atoms with Gasteiger partial charge in [-0.05, 0) is 42.7 Å². The Hall–Kier alpha value is -2.22. The number of carbonyl (C=O) groups is 1. The average Bonchev–Trinajstić information content (AvgIpc) is 2.74. The number of benzene rings is 2. The van der Waals surface area contributed by atoms with Crippen LogP contribution < -0.4 is 10.0 Å². The molecule has 29 heavy (non-hydrogen) atoms. The maximum absolute atomic E-state index is 12.9. The molecule has 2 N–H and O–H groups in total. The molecule has 0 unspecified atom stereocenters. The minimum atomic E-state index is -3.67. The third kappa shape index (κ3) is 5.23. The molecule has 3 rings (SSSR count). The summed E-state index contributed by atoms with van der Waals surface area (Å²) < 4.78 is 34.0. The first kappa shape index (κ1) is 21.5. The van der Waals surface area contributed by atoms with Crippen molar-refractivity contribution in [3.8, 4) is 0 Å². The predicted octanol–water partition coefficient (Wildman–Crippen LogP) is 3.31. The van der Waals surface area contributed by atoms with Crippen LogP contribution in [0.1, 0.15) is 32.3 Å². The molecule has 0 aliphatic carbocycles. The van der Waals surface area contributed by atoms with E-state index in [0.717, 1.165) is 18.4 Å². The van der Waals surface area contributed by atoms with Gasteiger partial charge < -0.3 is 10.1 Å². The summed E-state index contributed by atoms with van der Waals surface area (Å²) >= 11 is 0. The summed E-state index contributed by atoms with van der Waals surface area (Å²) in [7, 11) is -3.67. The molecule has 0 radical (unpaired) electrons. The number of nitrogens with one attached hydrogen (secondary N) is 2. The molecule has 1 aliphatic rings. The van der Waals surface area contributed by atoms with Crippen molar-refractivity contribution in [3.63, 3.8) is 0 Å². The Morgan fingerprint density at radius 3 is 2.24 bits per heavy atom. The zero-order valence-electron chi connectivity index (χ0n) is 16.9. The van der Waals surface area contributed by atoms with E-state index in [4.69, 9.17) is 4.74 Å². The summed E-state index contributed by atoms with van der Waals surface area (Å²) in [4.78, 5) is 12.0. The van der Waals surface area contributed by atoms with E-state index in [1.165, 1.54) is 12.1 Å². The van der Waals surface area contributed by atoms with Crippen molar-refractivity contribution in [1.29, 1.82) is 0 Å². The van der Waals surface area contributed by atoms with Gasteiger partial charge in [0.05, 0.1) is 4.90 Å².